The van der Waals surface area contributed by atoms with Crippen LogP contribution in [0.5, 0.6) is 5.75 Å². The Hall–Kier alpha value is -2.46. The molecule has 0 atom stereocenters. The molecule has 0 saturated carbocycles. The van der Waals surface area contributed by atoms with Crippen molar-refractivity contribution in [3.63, 3.8) is 0 Å². The quantitative estimate of drug-likeness (QED) is 0.569. The summed E-state index contributed by atoms with van der Waals surface area (Å²) in [6.07, 6.45) is 10.6. The second-order valence-corrected chi connectivity index (χ2v) is 6.26. The minimum atomic E-state index is -0.0463. The number of ether oxygens (including phenoxy) is 1. The molecule has 25 heavy (non-hydrogen) atoms. The highest BCUT2D eigenvalue weighted by Gasteiger charge is 2.09. The van der Waals surface area contributed by atoms with Gasteiger partial charge in [0.2, 0.25) is 0 Å². The molecule has 1 aromatic carbocycles. The van der Waals surface area contributed by atoms with Gasteiger partial charge in [-0.15, -0.1) is 0 Å². The third kappa shape index (κ3) is 5.54. The summed E-state index contributed by atoms with van der Waals surface area (Å²) in [5, 5.41) is 0. The van der Waals surface area contributed by atoms with Crippen LogP contribution >= 0.6 is 0 Å². The van der Waals surface area contributed by atoms with E-state index < -0.39 is 0 Å². The van der Waals surface area contributed by atoms with Crippen LogP contribution in [0.2, 0.25) is 0 Å². The summed E-state index contributed by atoms with van der Waals surface area (Å²) in [5.41, 5.74) is 1.57. The van der Waals surface area contributed by atoms with Crippen LogP contribution in [-0.2, 0) is 0 Å². The van der Waals surface area contributed by atoms with Crippen LogP contribution in [0.1, 0.15) is 35.2 Å². The van der Waals surface area contributed by atoms with E-state index in [4.69, 9.17) is 4.74 Å². The monoisotopic (exact) mass is 336 g/mol. The molecule has 1 aromatic heterocycles. The Morgan fingerprint density at radius 3 is 2.64 bits per heavy atom. The van der Waals surface area contributed by atoms with Gasteiger partial charge in [0.25, 0.3) is 0 Å². The maximum Gasteiger partial charge on any atom is 0.187 e. The summed E-state index contributed by atoms with van der Waals surface area (Å²) < 4.78 is 5.82. The van der Waals surface area contributed by atoms with E-state index >= 15 is 0 Å². The lowest BCUT2D eigenvalue weighted by atomic mass is 10.1. The molecule has 0 N–H and O–H groups in total. The molecule has 4 nitrogen and oxygen atoms in total. The number of hydrogen-bond donors (Lipinski definition) is 0. The molecule has 3 rings (SSSR count). The summed E-state index contributed by atoms with van der Waals surface area (Å²) in [4.78, 5) is 18.4. The molecule has 0 aliphatic carbocycles. The number of nitrogens with zero attached hydrogens (tertiary/aromatic N) is 2. The first-order chi connectivity index (χ1) is 12.3. The standard InChI is InChI=1S/C21H24N2O2/c24-21(19-5-4-12-22-17-19)11-8-18-6-9-20(10-7-18)25-16-15-23-13-2-1-3-14-23/h4-12,17H,1-3,13-16H2/b11-8+. The van der Waals surface area contributed by atoms with Crippen LogP contribution < -0.4 is 4.74 Å². The van der Waals surface area contributed by atoms with Crippen molar-refractivity contribution in [1.82, 2.24) is 9.88 Å². The zero-order chi connectivity index (χ0) is 17.3. The minimum absolute atomic E-state index is 0.0463. The van der Waals surface area contributed by atoms with Gasteiger partial charge in [-0.25, -0.2) is 0 Å². The number of allylic oxidation sites excluding steroid dienone is 1. The van der Waals surface area contributed by atoms with Gasteiger partial charge in [-0.1, -0.05) is 24.6 Å². The number of likely N-dealkylation sites (tertiary alicyclic amines) is 1. The Morgan fingerprint density at radius 2 is 1.92 bits per heavy atom. The van der Waals surface area contributed by atoms with E-state index in [2.05, 4.69) is 9.88 Å². The minimum Gasteiger partial charge on any atom is -0.492 e. The highest BCUT2D eigenvalue weighted by atomic mass is 16.5. The lowest BCUT2D eigenvalue weighted by Gasteiger charge is -2.26. The number of rotatable bonds is 7. The Balaban J connectivity index is 1.46. The molecule has 0 bridgehead atoms. The maximum atomic E-state index is 12.0. The van der Waals surface area contributed by atoms with Crippen molar-refractivity contribution in [1.29, 1.82) is 0 Å². The number of carbonyl (C=O) groups is 1. The number of ketones is 1. The van der Waals surface area contributed by atoms with E-state index in [1.165, 1.54) is 32.4 Å². The summed E-state index contributed by atoms with van der Waals surface area (Å²) in [5.74, 6) is 0.822. The van der Waals surface area contributed by atoms with Gasteiger partial charge in [0, 0.05) is 24.5 Å². The van der Waals surface area contributed by atoms with E-state index in [9.17, 15) is 4.79 Å². The van der Waals surface area contributed by atoms with Crippen molar-refractivity contribution in [3.05, 3.63) is 66.0 Å². The average Bonchev–Trinajstić information content (AvgIpc) is 2.68. The Morgan fingerprint density at radius 1 is 1.12 bits per heavy atom. The maximum absolute atomic E-state index is 12.0. The molecule has 0 unspecified atom stereocenters. The highest BCUT2D eigenvalue weighted by molar-refractivity contribution is 6.06. The first-order valence-electron chi connectivity index (χ1n) is 8.89. The predicted molar refractivity (Wildman–Crippen MR) is 99.8 cm³/mol. The topological polar surface area (TPSA) is 42.4 Å². The summed E-state index contributed by atoms with van der Waals surface area (Å²) in [7, 11) is 0. The van der Waals surface area contributed by atoms with Crippen molar-refractivity contribution in [2.45, 2.75) is 19.3 Å². The van der Waals surface area contributed by atoms with Gasteiger partial charge in [-0.05, 0) is 61.8 Å². The number of carbonyl (C=O) groups excluding carboxylic acids is 1. The molecular formula is C21H24N2O2. The summed E-state index contributed by atoms with van der Waals surface area (Å²) >= 11 is 0. The summed E-state index contributed by atoms with van der Waals surface area (Å²) in [6.45, 7) is 4.09. The Labute approximate surface area is 149 Å². The first kappa shape index (κ1) is 17.4. The lowest BCUT2D eigenvalue weighted by molar-refractivity contribution is 0.104. The molecule has 0 amide bonds. The first-order valence-corrected chi connectivity index (χ1v) is 8.89. The molecule has 1 saturated heterocycles. The van der Waals surface area contributed by atoms with Crippen molar-refractivity contribution < 1.29 is 9.53 Å². The largest absolute Gasteiger partial charge is 0.492 e. The molecule has 0 radical (unpaired) electrons. The van der Waals surface area contributed by atoms with Gasteiger partial charge in [-0.3, -0.25) is 14.7 Å². The molecule has 1 fully saturated rings. The van der Waals surface area contributed by atoms with Crippen LogP contribution in [0.15, 0.2) is 54.9 Å². The van der Waals surface area contributed by atoms with Crippen molar-refractivity contribution in [2.75, 3.05) is 26.2 Å². The molecule has 2 aromatic rings. The van der Waals surface area contributed by atoms with Crippen LogP contribution in [0.4, 0.5) is 0 Å². The molecule has 1 aliphatic rings. The van der Waals surface area contributed by atoms with Gasteiger partial charge >= 0.3 is 0 Å². The highest BCUT2D eigenvalue weighted by Crippen LogP contribution is 2.14. The second-order valence-electron chi connectivity index (χ2n) is 6.26. The van der Waals surface area contributed by atoms with Crippen molar-refractivity contribution >= 4 is 11.9 Å². The number of aromatic nitrogens is 1. The van der Waals surface area contributed by atoms with Gasteiger partial charge in [0.15, 0.2) is 5.78 Å². The number of piperidine rings is 1. The normalized spacial score (nSPS) is 15.4. The molecular weight excluding hydrogens is 312 g/mol. The molecule has 4 heteroatoms. The van der Waals surface area contributed by atoms with Crippen LogP contribution in [0.25, 0.3) is 6.08 Å². The van der Waals surface area contributed by atoms with Gasteiger partial charge in [0.05, 0.1) is 0 Å². The Kier molecular flexibility index (Phi) is 6.35. The zero-order valence-electron chi connectivity index (χ0n) is 14.4. The van der Waals surface area contributed by atoms with E-state index in [1.807, 2.05) is 30.3 Å². The van der Waals surface area contributed by atoms with Gasteiger partial charge in [-0.2, -0.15) is 0 Å². The van der Waals surface area contributed by atoms with Gasteiger partial charge in [0.1, 0.15) is 12.4 Å². The molecule has 2 heterocycles. The van der Waals surface area contributed by atoms with E-state index in [0.29, 0.717) is 12.2 Å². The number of pyridine rings is 1. The molecule has 0 spiro atoms. The third-order valence-electron chi connectivity index (χ3n) is 4.38. The van der Waals surface area contributed by atoms with Crippen molar-refractivity contribution in [3.8, 4) is 5.75 Å². The fraction of sp³-hybridized carbons (Fsp3) is 0.333. The van der Waals surface area contributed by atoms with Crippen LogP contribution in [0.3, 0.4) is 0 Å². The van der Waals surface area contributed by atoms with E-state index in [-0.39, 0.29) is 5.78 Å². The fourth-order valence-corrected chi connectivity index (χ4v) is 2.93. The van der Waals surface area contributed by atoms with Crippen LogP contribution in [-0.4, -0.2) is 41.9 Å². The average molecular weight is 336 g/mol. The molecule has 1 aliphatic heterocycles. The number of hydrogen-bond acceptors (Lipinski definition) is 4. The predicted octanol–water partition coefficient (Wildman–Crippen LogP) is 3.84. The summed E-state index contributed by atoms with van der Waals surface area (Å²) in [6, 6.07) is 11.3. The third-order valence-corrected chi connectivity index (χ3v) is 4.38. The smallest absolute Gasteiger partial charge is 0.187 e. The number of benzene rings is 1. The SMILES string of the molecule is O=C(/C=C/c1ccc(OCCN2CCCCC2)cc1)c1cccnc1. The fourth-order valence-electron chi connectivity index (χ4n) is 2.93. The second kappa shape index (κ2) is 9.14. The van der Waals surface area contributed by atoms with E-state index in [1.54, 1.807) is 30.6 Å². The van der Waals surface area contributed by atoms with E-state index in [0.717, 1.165) is 17.9 Å². The van der Waals surface area contributed by atoms with Crippen LogP contribution in [0, 0.1) is 0 Å². The molecule has 130 valence electrons. The van der Waals surface area contributed by atoms with Crippen molar-refractivity contribution in [2.24, 2.45) is 0 Å². The zero-order valence-corrected chi connectivity index (χ0v) is 14.4. The lowest BCUT2D eigenvalue weighted by Crippen LogP contribution is -2.33. The Bertz CT molecular complexity index is 690. The van der Waals surface area contributed by atoms with Gasteiger partial charge < -0.3 is 4.74 Å².